The van der Waals surface area contributed by atoms with Crippen LogP contribution in [0.3, 0.4) is 0 Å². The molecule has 0 saturated carbocycles. The standard InChI is InChI=1S/C24H20N2O/c27-24-20-14-8-7-13-19(20)15-22(24)26-16-21(17-9-3-1-4-10-17)23(25-26)18-11-5-2-6-12-18/h1-14,16,22,24,27H,15H2/t22-,24+/m1/s1. The van der Waals surface area contributed by atoms with Gasteiger partial charge in [0.1, 0.15) is 11.8 Å². The van der Waals surface area contributed by atoms with E-state index >= 15 is 0 Å². The Balaban J connectivity index is 1.62. The molecule has 1 heterocycles. The first-order valence-corrected chi connectivity index (χ1v) is 9.27. The van der Waals surface area contributed by atoms with Crippen LogP contribution in [0.4, 0.5) is 0 Å². The van der Waals surface area contributed by atoms with Gasteiger partial charge in [-0.3, -0.25) is 4.68 Å². The molecule has 0 aliphatic heterocycles. The molecule has 0 bridgehead atoms. The Morgan fingerprint density at radius 2 is 1.41 bits per heavy atom. The van der Waals surface area contributed by atoms with Crippen LogP contribution in [0, 0.1) is 0 Å². The molecular weight excluding hydrogens is 332 g/mol. The van der Waals surface area contributed by atoms with E-state index in [1.807, 2.05) is 59.3 Å². The topological polar surface area (TPSA) is 38.0 Å². The lowest BCUT2D eigenvalue weighted by Gasteiger charge is -2.15. The van der Waals surface area contributed by atoms with Crippen LogP contribution < -0.4 is 0 Å². The molecule has 4 aromatic rings. The number of rotatable bonds is 3. The number of hydrogen-bond acceptors (Lipinski definition) is 2. The third-order valence-corrected chi connectivity index (χ3v) is 5.37. The summed E-state index contributed by atoms with van der Waals surface area (Å²) in [6, 6.07) is 28.6. The molecule has 1 aromatic heterocycles. The zero-order valence-electron chi connectivity index (χ0n) is 14.9. The second kappa shape index (κ2) is 6.53. The van der Waals surface area contributed by atoms with Gasteiger partial charge in [-0.2, -0.15) is 5.10 Å². The first-order chi connectivity index (χ1) is 13.3. The van der Waals surface area contributed by atoms with Gasteiger partial charge in [0.05, 0.1) is 6.04 Å². The Kier molecular flexibility index (Phi) is 3.88. The lowest BCUT2D eigenvalue weighted by molar-refractivity contribution is 0.121. The van der Waals surface area contributed by atoms with Gasteiger partial charge in [-0.1, -0.05) is 84.9 Å². The maximum Gasteiger partial charge on any atom is 0.102 e. The van der Waals surface area contributed by atoms with Crippen LogP contribution in [0.5, 0.6) is 0 Å². The number of benzene rings is 3. The van der Waals surface area contributed by atoms with Crippen LogP contribution in [-0.4, -0.2) is 14.9 Å². The van der Waals surface area contributed by atoms with Crippen molar-refractivity contribution < 1.29 is 5.11 Å². The fraction of sp³-hybridized carbons (Fsp3) is 0.125. The first kappa shape index (κ1) is 16.0. The maximum absolute atomic E-state index is 10.9. The van der Waals surface area contributed by atoms with Crippen molar-refractivity contribution in [3.63, 3.8) is 0 Å². The summed E-state index contributed by atoms with van der Waals surface area (Å²) in [5, 5.41) is 15.8. The summed E-state index contributed by atoms with van der Waals surface area (Å²) >= 11 is 0. The van der Waals surface area contributed by atoms with E-state index < -0.39 is 6.10 Å². The summed E-state index contributed by atoms with van der Waals surface area (Å²) in [4.78, 5) is 0. The quantitative estimate of drug-likeness (QED) is 0.560. The fourth-order valence-electron chi connectivity index (χ4n) is 3.99. The predicted molar refractivity (Wildman–Crippen MR) is 107 cm³/mol. The molecule has 1 aliphatic rings. The van der Waals surface area contributed by atoms with E-state index in [0.29, 0.717) is 0 Å². The molecule has 0 saturated heterocycles. The third kappa shape index (κ3) is 2.77. The van der Waals surface area contributed by atoms with Gasteiger partial charge in [-0.15, -0.1) is 0 Å². The van der Waals surface area contributed by atoms with E-state index in [1.54, 1.807) is 0 Å². The van der Waals surface area contributed by atoms with Crippen LogP contribution in [-0.2, 0) is 6.42 Å². The van der Waals surface area contributed by atoms with Gasteiger partial charge in [0.2, 0.25) is 0 Å². The zero-order valence-corrected chi connectivity index (χ0v) is 14.9. The van der Waals surface area contributed by atoms with Gasteiger partial charge in [-0.05, 0) is 23.1 Å². The highest BCUT2D eigenvalue weighted by atomic mass is 16.3. The van der Waals surface area contributed by atoms with Gasteiger partial charge in [-0.25, -0.2) is 0 Å². The Bertz CT molecular complexity index is 1010. The molecule has 5 rings (SSSR count). The van der Waals surface area contributed by atoms with Gasteiger partial charge in [0.25, 0.3) is 0 Å². The van der Waals surface area contributed by atoms with Crippen LogP contribution in [0.25, 0.3) is 22.4 Å². The van der Waals surface area contributed by atoms with Crippen molar-refractivity contribution in [3.05, 3.63) is 102 Å². The highest BCUT2D eigenvalue weighted by molar-refractivity contribution is 5.80. The van der Waals surface area contributed by atoms with E-state index in [4.69, 9.17) is 5.10 Å². The summed E-state index contributed by atoms with van der Waals surface area (Å²) in [6.07, 6.45) is 2.34. The molecule has 0 unspecified atom stereocenters. The monoisotopic (exact) mass is 352 g/mol. The largest absolute Gasteiger partial charge is 0.386 e. The summed E-state index contributed by atoms with van der Waals surface area (Å²) in [5.41, 5.74) is 6.47. The fourth-order valence-corrected chi connectivity index (χ4v) is 3.99. The van der Waals surface area contributed by atoms with Crippen LogP contribution >= 0.6 is 0 Å². The lowest BCUT2D eigenvalue weighted by Crippen LogP contribution is -2.14. The van der Waals surface area contributed by atoms with Crippen molar-refractivity contribution in [1.82, 2.24) is 9.78 Å². The van der Waals surface area contributed by atoms with Gasteiger partial charge in [0, 0.05) is 17.3 Å². The molecule has 0 fully saturated rings. The molecule has 132 valence electrons. The average Bonchev–Trinajstić information content (AvgIpc) is 3.31. The summed E-state index contributed by atoms with van der Waals surface area (Å²) in [7, 11) is 0. The number of fused-ring (bicyclic) bond motifs is 1. The summed E-state index contributed by atoms with van der Waals surface area (Å²) < 4.78 is 1.95. The van der Waals surface area contributed by atoms with E-state index in [0.717, 1.165) is 34.4 Å². The molecule has 0 amide bonds. The Hall–Kier alpha value is -3.17. The second-order valence-electron chi connectivity index (χ2n) is 7.02. The Labute approximate surface area is 158 Å². The lowest BCUT2D eigenvalue weighted by atomic mass is 10.0. The van der Waals surface area contributed by atoms with Crippen LogP contribution in [0.15, 0.2) is 91.1 Å². The highest BCUT2D eigenvalue weighted by Crippen LogP contribution is 2.41. The molecule has 3 aromatic carbocycles. The van der Waals surface area contributed by atoms with Crippen molar-refractivity contribution in [2.75, 3.05) is 0 Å². The SMILES string of the molecule is O[C@H]1c2ccccc2C[C@H]1n1cc(-c2ccccc2)c(-c2ccccc2)n1. The van der Waals surface area contributed by atoms with Gasteiger partial charge in [0.15, 0.2) is 0 Å². The molecular formula is C24H20N2O. The van der Waals surface area contributed by atoms with Gasteiger partial charge >= 0.3 is 0 Å². The van der Waals surface area contributed by atoms with E-state index in [2.05, 4.69) is 36.5 Å². The molecule has 0 radical (unpaired) electrons. The minimum Gasteiger partial charge on any atom is -0.386 e. The third-order valence-electron chi connectivity index (χ3n) is 5.37. The molecule has 3 heteroatoms. The Morgan fingerprint density at radius 3 is 2.11 bits per heavy atom. The number of aliphatic hydroxyl groups excluding tert-OH is 1. The van der Waals surface area contributed by atoms with Crippen molar-refractivity contribution in [3.8, 4) is 22.4 Å². The predicted octanol–water partition coefficient (Wildman–Crippen LogP) is 5.05. The minimum absolute atomic E-state index is 0.0812. The molecule has 2 atom stereocenters. The molecule has 1 aliphatic carbocycles. The number of aliphatic hydroxyl groups is 1. The molecule has 0 spiro atoms. The van der Waals surface area contributed by atoms with E-state index in [9.17, 15) is 5.11 Å². The van der Waals surface area contributed by atoms with Crippen molar-refractivity contribution in [2.45, 2.75) is 18.6 Å². The molecule has 1 N–H and O–H groups in total. The van der Waals surface area contributed by atoms with E-state index in [1.165, 1.54) is 5.56 Å². The van der Waals surface area contributed by atoms with Crippen molar-refractivity contribution in [2.24, 2.45) is 0 Å². The van der Waals surface area contributed by atoms with Crippen molar-refractivity contribution in [1.29, 1.82) is 0 Å². The number of nitrogens with zero attached hydrogens (tertiary/aromatic N) is 2. The molecule has 27 heavy (non-hydrogen) atoms. The Morgan fingerprint density at radius 1 is 0.778 bits per heavy atom. The summed E-state index contributed by atoms with van der Waals surface area (Å²) in [5.74, 6) is 0. The minimum atomic E-state index is -0.534. The normalized spacial score (nSPS) is 18.4. The number of hydrogen-bond donors (Lipinski definition) is 1. The van der Waals surface area contributed by atoms with Crippen LogP contribution in [0.1, 0.15) is 23.3 Å². The van der Waals surface area contributed by atoms with Crippen LogP contribution in [0.2, 0.25) is 0 Å². The average molecular weight is 352 g/mol. The smallest absolute Gasteiger partial charge is 0.102 e. The molecule has 3 nitrogen and oxygen atoms in total. The second-order valence-corrected chi connectivity index (χ2v) is 7.02. The maximum atomic E-state index is 10.9. The highest BCUT2D eigenvalue weighted by Gasteiger charge is 2.33. The summed E-state index contributed by atoms with van der Waals surface area (Å²) in [6.45, 7) is 0. The first-order valence-electron chi connectivity index (χ1n) is 9.27. The zero-order chi connectivity index (χ0) is 18.2. The number of aromatic nitrogens is 2. The van der Waals surface area contributed by atoms with Crippen molar-refractivity contribution >= 4 is 0 Å². The van der Waals surface area contributed by atoms with Gasteiger partial charge < -0.3 is 5.11 Å². The van der Waals surface area contributed by atoms with E-state index in [-0.39, 0.29) is 6.04 Å².